The van der Waals surface area contributed by atoms with E-state index < -0.39 is 11.9 Å². The molecule has 7 nitrogen and oxygen atoms in total. The van der Waals surface area contributed by atoms with Gasteiger partial charge in [-0.05, 0) is 40.0 Å². The van der Waals surface area contributed by atoms with Gasteiger partial charge in [0.1, 0.15) is 6.54 Å². The van der Waals surface area contributed by atoms with Gasteiger partial charge in [0.05, 0.1) is 17.7 Å². The lowest BCUT2D eigenvalue weighted by Crippen LogP contribution is -2.29. The molecule has 0 saturated carbocycles. The third-order valence-corrected chi connectivity index (χ3v) is 3.98. The van der Waals surface area contributed by atoms with Crippen LogP contribution in [0.3, 0.4) is 0 Å². The van der Waals surface area contributed by atoms with E-state index in [2.05, 4.69) is 10.4 Å². The number of carboxylic acids is 1. The first-order valence-electron chi connectivity index (χ1n) is 8.77. The van der Waals surface area contributed by atoms with Crippen LogP contribution in [0.5, 0.6) is 0 Å². The van der Waals surface area contributed by atoms with Crippen molar-refractivity contribution in [3.05, 3.63) is 17.0 Å². The fourth-order valence-electron chi connectivity index (χ4n) is 2.78. The molecule has 1 rings (SSSR count). The number of ether oxygens (including phenoxy) is 1. The fourth-order valence-corrected chi connectivity index (χ4v) is 2.78. The zero-order valence-electron chi connectivity index (χ0n) is 16.1. The second kappa shape index (κ2) is 9.56. The topological polar surface area (TPSA) is 93.5 Å². The van der Waals surface area contributed by atoms with E-state index >= 15 is 0 Å². The molecule has 0 radical (unpaired) electrons. The Kier molecular flexibility index (Phi) is 8.09. The molecule has 2 N–H and O–H groups in total. The third kappa shape index (κ3) is 6.86. The van der Waals surface area contributed by atoms with Crippen LogP contribution < -0.4 is 5.32 Å². The monoisotopic (exact) mass is 353 g/mol. The zero-order chi connectivity index (χ0) is 19.1. The van der Waals surface area contributed by atoms with E-state index in [0.29, 0.717) is 25.4 Å². The van der Waals surface area contributed by atoms with E-state index in [1.165, 1.54) is 0 Å². The summed E-state index contributed by atoms with van der Waals surface area (Å²) in [5, 5.41) is 16.9. The number of carboxylic acid groups (broad SMARTS) is 1. The molecule has 0 aliphatic carbocycles. The molecule has 1 atom stereocenters. The average Bonchev–Trinajstić information content (AvgIpc) is 2.71. The molecule has 0 fully saturated rings. The number of carbonyl (C=O) groups excluding carboxylic acids is 1. The smallest absolute Gasteiger partial charge is 0.328 e. The number of aromatic nitrogens is 2. The molecule has 7 heteroatoms. The van der Waals surface area contributed by atoms with Gasteiger partial charge in [-0.25, -0.2) is 0 Å². The molecule has 0 saturated heterocycles. The number of esters is 1. The first-order chi connectivity index (χ1) is 11.6. The third-order valence-electron chi connectivity index (χ3n) is 3.98. The van der Waals surface area contributed by atoms with Gasteiger partial charge in [0, 0.05) is 24.3 Å². The summed E-state index contributed by atoms with van der Waals surface area (Å²) < 4.78 is 6.79. The van der Waals surface area contributed by atoms with E-state index in [1.54, 1.807) is 4.68 Å². The normalized spacial score (nSPS) is 12.6. The van der Waals surface area contributed by atoms with E-state index in [9.17, 15) is 14.7 Å². The minimum Gasteiger partial charge on any atom is -0.481 e. The van der Waals surface area contributed by atoms with Crippen molar-refractivity contribution in [3.63, 3.8) is 0 Å². The van der Waals surface area contributed by atoms with Crippen molar-refractivity contribution >= 4 is 11.9 Å². The number of aryl methyl sites for hydroxylation is 1. The maximum absolute atomic E-state index is 11.8. The number of hydrogen-bond acceptors (Lipinski definition) is 5. The highest BCUT2D eigenvalue weighted by molar-refractivity contribution is 5.70. The lowest BCUT2D eigenvalue weighted by atomic mass is 9.97. The Labute approximate surface area is 149 Å². The van der Waals surface area contributed by atoms with Crippen LogP contribution in [0.1, 0.15) is 51.1 Å². The molecule has 1 unspecified atom stereocenters. The molecule has 1 aromatic rings. The predicted octanol–water partition coefficient (Wildman–Crippen LogP) is 2.29. The lowest BCUT2D eigenvalue weighted by molar-refractivity contribution is -0.148. The van der Waals surface area contributed by atoms with E-state index in [1.807, 2.05) is 41.5 Å². The maximum atomic E-state index is 11.8. The van der Waals surface area contributed by atoms with Crippen molar-refractivity contribution in [1.29, 1.82) is 0 Å². The first-order valence-corrected chi connectivity index (χ1v) is 8.77. The first kappa shape index (κ1) is 21.2. The van der Waals surface area contributed by atoms with Gasteiger partial charge in [0.2, 0.25) is 0 Å². The lowest BCUT2D eigenvalue weighted by Gasteiger charge is -2.15. The Balaban J connectivity index is 2.67. The molecular formula is C18H31N3O4. The van der Waals surface area contributed by atoms with Gasteiger partial charge in [-0.15, -0.1) is 0 Å². The zero-order valence-corrected chi connectivity index (χ0v) is 16.1. The van der Waals surface area contributed by atoms with Crippen molar-refractivity contribution in [3.8, 4) is 0 Å². The Bertz CT molecular complexity index is 593. The summed E-state index contributed by atoms with van der Waals surface area (Å²) in [6.45, 7) is 12.5. The summed E-state index contributed by atoms with van der Waals surface area (Å²) in [6, 6.07) is 0. The summed E-state index contributed by atoms with van der Waals surface area (Å²) in [7, 11) is 0. The van der Waals surface area contributed by atoms with Crippen LogP contribution in [0.25, 0.3) is 0 Å². The van der Waals surface area contributed by atoms with Crippen molar-refractivity contribution in [1.82, 2.24) is 15.1 Å². The molecule has 1 aromatic heterocycles. The van der Waals surface area contributed by atoms with Crippen LogP contribution in [0.4, 0.5) is 0 Å². The minimum absolute atomic E-state index is 0.0793. The maximum Gasteiger partial charge on any atom is 0.328 e. The molecule has 0 bridgehead atoms. The summed E-state index contributed by atoms with van der Waals surface area (Å²) in [6.07, 6.45) is 0.486. The Morgan fingerprint density at radius 3 is 2.40 bits per heavy atom. The second-order valence-electron chi connectivity index (χ2n) is 7.14. The van der Waals surface area contributed by atoms with Gasteiger partial charge in [0.25, 0.3) is 0 Å². The summed E-state index contributed by atoms with van der Waals surface area (Å²) in [4.78, 5) is 23.1. The van der Waals surface area contributed by atoms with E-state index in [0.717, 1.165) is 17.0 Å². The number of rotatable bonds is 10. The summed E-state index contributed by atoms with van der Waals surface area (Å²) in [5.41, 5.74) is 2.71. The fraction of sp³-hybridized carbons (Fsp3) is 0.722. The molecule has 0 aromatic carbocycles. The van der Waals surface area contributed by atoms with Crippen LogP contribution in [0, 0.1) is 25.7 Å². The van der Waals surface area contributed by atoms with Gasteiger partial charge >= 0.3 is 11.9 Å². The highest BCUT2D eigenvalue weighted by atomic mass is 16.5. The highest BCUT2D eigenvalue weighted by Gasteiger charge is 2.20. The van der Waals surface area contributed by atoms with Crippen LogP contribution in [-0.4, -0.2) is 39.5 Å². The highest BCUT2D eigenvalue weighted by Crippen LogP contribution is 2.15. The molecule has 142 valence electrons. The Hall–Kier alpha value is -1.89. The van der Waals surface area contributed by atoms with Crippen LogP contribution in [0.15, 0.2) is 0 Å². The number of nitrogens with one attached hydrogen (secondary N) is 1. The van der Waals surface area contributed by atoms with Gasteiger partial charge in [0.15, 0.2) is 0 Å². The van der Waals surface area contributed by atoms with Crippen LogP contribution in [0.2, 0.25) is 0 Å². The van der Waals surface area contributed by atoms with Gasteiger partial charge < -0.3 is 15.2 Å². The van der Waals surface area contributed by atoms with Gasteiger partial charge in [-0.1, -0.05) is 13.8 Å². The number of nitrogens with zero attached hydrogens (tertiary/aromatic N) is 2. The predicted molar refractivity (Wildman–Crippen MR) is 95.2 cm³/mol. The molecule has 1 heterocycles. The number of aliphatic carboxylic acids is 1. The largest absolute Gasteiger partial charge is 0.481 e. The summed E-state index contributed by atoms with van der Waals surface area (Å²) in [5.74, 6) is -1.16. The quantitative estimate of drug-likeness (QED) is 0.627. The van der Waals surface area contributed by atoms with Crippen LogP contribution in [-0.2, 0) is 27.4 Å². The molecule has 0 spiro atoms. The molecule has 0 aliphatic heterocycles. The van der Waals surface area contributed by atoms with Gasteiger partial charge in [-0.2, -0.15) is 5.10 Å². The standard InChI is InChI=1S/C18H31N3O4/c1-11(2)7-15(18(23)24)8-19-9-16-13(5)20-21(14(16)6)10-17(22)25-12(3)4/h11-12,15,19H,7-10H2,1-6H3,(H,23,24). The minimum atomic E-state index is -0.776. The van der Waals surface area contributed by atoms with E-state index in [-0.39, 0.29) is 18.6 Å². The Morgan fingerprint density at radius 1 is 1.24 bits per heavy atom. The molecule has 0 aliphatic rings. The van der Waals surface area contributed by atoms with Crippen molar-refractivity contribution in [2.45, 2.75) is 67.2 Å². The number of hydrogen-bond donors (Lipinski definition) is 2. The van der Waals surface area contributed by atoms with Crippen LogP contribution >= 0.6 is 0 Å². The Morgan fingerprint density at radius 2 is 1.88 bits per heavy atom. The van der Waals surface area contributed by atoms with Crippen molar-refractivity contribution in [2.75, 3.05) is 6.54 Å². The van der Waals surface area contributed by atoms with E-state index in [4.69, 9.17) is 4.74 Å². The number of carbonyl (C=O) groups is 2. The van der Waals surface area contributed by atoms with Crippen molar-refractivity contribution in [2.24, 2.45) is 11.8 Å². The molecular weight excluding hydrogens is 322 g/mol. The molecule has 0 amide bonds. The van der Waals surface area contributed by atoms with Gasteiger partial charge in [-0.3, -0.25) is 14.3 Å². The molecule has 25 heavy (non-hydrogen) atoms. The SMILES string of the molecule is Cc1nn(CC(=O)OC(C)C)c(C)c1CNCC(CC(C)C)C(=O)O. The average molecular weight is 353 g/mol. The second-order valence-corrected chi connectivity index (χ2v) is 7.14. The van der Waals surface area contributed by atoms with Crippen molar-refractivity contribution < 1.29 is 19.4 Å². The summed E-state index contributed by atoms with van der Waals surface area (Å²) >= 11 is 0.